The van der Waals surface area contributed by atoms with Gasteiger partial charge in [-0.3, -0.25) is 10.6 Å². The monoisotopic (exact) mass is 158 g/mol. The molecule has 0 radical (unpaired) electrons. The Morgan fingerprint density at radius 1 is 1.60 bits per heavy atom. The van der Waals surface area contributed by atoms with Crippen molar-refractivity contribution in [1.29, 1.82) is 0 Å². The molecule has 0 spiro atoms. The van der Waals surface area contributed by atoms with Crippen LogP contribution in [0.5, 0.6) is 0 Å². The van der Waals surface area contributed by atoms with Gasteiger partial charge in [-0.25, -0.2) is 0 Å². The smallest absolute Gasteiger partial charge is 0.0872 e. The van der Waals surface area contributed by atoms with E-state index in [1.807, 2.05) is 0 Å². The lowest BCUT2D eigenvalue weighted by Gasteiger charge is -2.36. The maximum Gasteiger partial charge on any atom is 0.0872 e. The van der Waals surface area contributed by atoms with Crippen molar-refractivity contribution in [3.8, 4) is 0 Å². The molecule has 1 heterocycles. The van der Waals surface area contributed by atoms with E-state index < -0.39 is 0 Å². The van der Waals surface area contributed by atoms with Gasteiger partial charge < -0.3 is 0 Å². The third-order valence-corrected chi connectivity index (χ3v) is 2.07. The molecule has 0 amide bonds. The predicted octanol–water partition coefficient (Wildman–Crippen LogP) is 0.674. The Morgan fingerprint density at radius 2 is 2.30 bits per heavy atom. The zero-order valence-electron chi connectivity index (χ0n) is 6.48. The van der Waals surface area contributed by atoms with E-state index in [1.165, 1.54) is 0 Å². The molecule has 0 aromatic heterocycles. The van der Waals surface area contributed by atoms with Gasteiger partial charge in [0.25, 0.3) is 0 Å². The van der Waals surface area contributed by atoms with Crippen LogP contribution in [0.1, 0.15) is 20.3 Å². The summed E-state index contributed by atoms with van der Waals surface area (Å²) < 4.78 is 0. The summed E-state index contributed by atoms with van der Waals surface area (Å²) >= 11 is 4.82. The van der Waals surface area contributed by atoms with Crippen molar-refractivity contribution in [1.82, 2.24) is 10.6 Å². The van der Waals surface area contributed by atoms with Crippen molar-refractivity contribution in [2.75, 3.05) is 6.54 Å². The first kappa shape index (κ1) is 8.11. The summed E-state index contributed by atoms with van der Waals surface area (Å²) in [6.07, 6.45) is 1.38. The summed E-state index contributed by atoms with van der Waals surface area (Å²) in [6, 6.07) is 0. The van der Waals surface area contributed by atoms with Gasteiger partial charge in [-0.15, -0.1) is 0 Å². The molecule has 1 saturated heterocycles. The fourth-order valence-electron chi connectivity index (χ4n) is 1.17. The van der Waals surface area contributed by atoms with E-state index in [2.05, 4.69) is 24.5 Å². The topological polar surface area (TPSA) is 24.1 Å². The average molecular weight is 158 g/mol. The number of hydrogen-bond donors (Lipinski definition) is 2. The SMILES string of the molecule is CC1(C)CCNC(C=S)N1. The molecule has 0 bridgehead atoms. The Kier molecular flexibility index (Phi) is 2.39. The first-order chi connectivity index (χ1) is 4.64. The van der Waals surface area contributed by atoms with Crippen molar-refractivity contribution in [3.63, 3.8) is 0 Å². The van der Waals surface area contributed by atoms with E-state index in [1.54, 1.807) is 5.37 Å². The number of thiocarbonyl (C=S) groups is 1. The normalized spacial score (nSPS) is 31.6. The third-order valence-electron chi connectivity index (χ3n) is 1.80. The van der Waals surface area contributed by atoms with Crippen molar-refractivity contribution in [3.05, 3.63) is 0 Å². The van der Waals surface area contributed by atoms with E-state index in [-0.39, 0.29) is 11.7 Å². The Labute approximate surface area is 67.4 Å². The summed E-state index contributed by atoms with van der Waals surface area (Å²) in [6.45, 7) is 5.44. The van der Waals surface area contributed by atoms with Crippen LogP contribution in [-0.2, 0) is 0 Å². The Bertz CT molecular complexity index is 134. The Balaban J connectivity index is 2.47. The minimum Gasteiger partial charge on any atom is -0.298 e. The summed E-state index contributed by atoms with van der Waals surface area (Å²) in [5, 5.41) is 8.36. The molecule has 2 N–H and O–H groups in total. The number of hydrogen-bond acceptors (Lipinski definition) is 3. The average Bonchev–Trinajstić information content (AvgIpc) is 1.86. The van der Waals surface area contributed by atoms with Gasteiger partial charge >= 0.3 is 0 Å². The molecule has 2 nitrogen and oxygen atoms in total. The predicted molar refractivity (Wildman–Crippen MR) is 47.3 cm³/mol. The molecule has 1 unspecified atom stereocenters. The molecule has 0 aliphatic carbocycles. The van der Waals surface area contributed by atoms with Crippen LogP contribution >= 0.6 is 12.2 Å². The molecule has 1 aliphatic heterocycles. The minimum atomic E-state index is 0.221. The maximum atomic E-state index is 4.82. The van der Waals surface area contributed by atoms with Gasteiger partial charge in [-0.1, -0.05) is 12.2 Å². The Hall–Kier alpha value is 0.01000. The molecule has 1 rings (SSSR count). The highest BCUT2D eigenvalue weighted by Gasteiger charge is 2.24. The van der Waals surface area contributed by atoms with Gasteiger partial charge in [-0.05, 0) is 26.8 Å². The van der Waals surface area contributed by atoms with Crippen LogP contribution in [0.2, 0.25) is 0 Å². The second-order valence-electron chi connectivity index (χ2n) is 3.35. The molecule has 1 atom stereocenters. The molecule has 0 saturated carbocycles. The lowest BCUT2D eigenvalue weighted by Crippen LogP contribution is -2.59. The van der Waals surface area contributed by atoms with Gasteiger partial charge in [0.2, 0.25) is 0 Å². The summed E-state index contributed by atoms with van der Waals surface area (Å²) in [5.74, 6) is 0. The first-order valence-electron chi connectivity index (χ1n) is 3.60. The van der Waals surface area contributed by atoms with Crippen LogP contribution in [0, 0.1) is 0 Å². The fraction of sp³-hybridized carbons (Fsp3) is 0.857. The van der Waals surface area contributed by atoms with Crippen molar-refractivity contribution in [2.45, 2.75) is 32.0 Å². The maximum absolute atomic E-state index is 4.82. The first-order valence-corrected chi connectivity index (χ1v) is 4.07. The molecule has 58 valence electrons. The second-order valence-corrected chi connectivity index (χ2v) is 3.62. The lowest BCUT2D eigenvalue weighted by atomic mass is 9.98. The van der Waals surface area contributed by atoms with Crippen molar-refractivity contribution >= 4 is 17.6 Å². The highest BCUT2D eigenvalue weighted by molar-refractivity contribution is 7.79. The van der Waals surface area contributed by atoms with Crippen LogP contribution in [-0.4, -0.2) is 23.6 Å². The van der Waals surface area contributed by atoms with Crippen LogP contribution in [0.25, 0.3) is 0 Å². The third kappa shape index (κ3) is 2.01. The van der Waals surface area contributed by atoms with E-state index in [4.69, 9.17) is 12.2 Å². The van der Waals surface area contributed by atoms with E-state index in [9.17, 15) is 0 Å². The van der Waals surface area contributed by atoms with Crippen LogP contribution in [0.4, 0.5) is 0 Å². The fourth-order valence-corrected chi connectivity index (χ4v) is 1.33. The van der Waals surface area contributed by atoms with Gasteiger partial charge in [0.15, 0.2) is 0 Å². The summed E-state index contributed by atoms with van der Waals surface area (Å²) in [5.41, 5.74) is 0.241. The van der Waals surface area contributed by atoms with E-state index >= 15 is 0 Å². The van der Waals surface area contributed by atoms with Crippen molar-refractivity contribution in [2.24, 2.45) is 0 Å². The van der Waals surface area contributed by atoms with Crippen molar-refractivity contribution < 1.29 is 0 Å². The van der Waals surface area contributed by atoms with Crippen LogP contribution < -0.4 is 10.6 Å². The quantitative estimate of drug-likeness (QED) is 0.549. The van der Waals surface area contributed by atoms with Gasteiger partial charge in [0.05, 0.1) is 6.17 Å². The molecule has 0 aromatic rings. The summed E-state index contributed by atoms with van der Waals surface area (Å²) in [7, 11) is 0. The standard InChI is InChI=1S/C7H14N2S/c1-7(2)3-4-8-6(5-10)9-7/h5-6,8-9H,3-4H2,1-2H3. The van der Waals surface area contributed by atoms with Crippen LogP contribution in [0.15, 0.2) is 0 Å². The molecular weight excluding hydrogens is 144 g/mol. The minimum absolute atomic E-state index is 0.221. The van der Waals surface area contributed by atoms with Gasteiger partial charge in [-0.2, -0.15) is 0 Å². The molecule has 1 aliphatic rings. The van der Waals surface area contributed by atoms with Gasteiger partial charge in [0, 0.05) is 10.9 Å². The molecule has 3 heteroatoms. The van der Waals surface area contributed by atoms with Crippen LogP contribution in [0.3, 0.4) is 0 Å². The number of nitrogens with one attached hydrogen (secondary N) is 2. The zero-order chi connectivity index (χ0) is 7.61. The second kappa shape index (κ2) is 2.95. The largest absolute Gasteiger partial charge is 0.298 e. The summed E-state index contributed by atoms with van der Waals surface area (Å²) in [4.78, 5) is 0. The number of rotatable bonds is 1. The highest BCUT2D eigenvalue weighted by Crippen LogP contribution is 2.10. The zero-order valence-corrected chi connectivity index (χ0v) is 7.29. The van der Waals surface area contributed by atoms with E-state index in [0.29, 0.717) is 0 Å². The Morgan fingerprint density at radius 3 is 2.70 bits per heavy atom. The van der Waals surface area contributed by atoms with Gasteiger partial charge in [0.1, 0.15) is 0 Å². The molecular formula is C7H14N2S. The van der Waals surface area contributed by atoms with E-state index in [0.717, 1.165) is 13.0 Å². The highest BCUT2D eigenvalue weighted by atomic mass is 32.1. The lowest BCUT2D eigenvalue weighted by molar-refractivity contribution is 0.272. The molecule has 0 aromatic carbocycles. The molecule has 1 fully saturated rings. The molecule has 10 heavy (non-hydrogen) atoms.